The fourth-order valence-corrected chi connectivity index (χ4v) is 3.80. The molecule has 180 valence electrons. The van der Waals surface area contributed by atoms with E-state index in [0.29, 0.717) is 25.4 Å². The van der Waals surface area contributed by atoms with Crippen LogP contribution in [0.1, 0.15) is 34.9 Å². The van der Waals surface area contributed by atoms with Crippen LogP contribution in [0.3, 0.4) is 0 Å². The van der Waals surface area contributed by atoms with Crippen LogP contribution in [-0.2, 0) is 16.1 Å². The highest BCUT2D eigenvalue weighted by atomic mass is 19.4. The van der Waals surface area contributed by atoms with E-state index in [1.54, 1.807) is 12.4 Å². The zero-order chi connectivity index (χ0) is 24.1. The van der Waals surface area contributed by atoms with Gasteiger partial charge in [0.1, 0.15) is 17.2 Å². The van der Waals surface area contributed by atoms with E-state index in [0.717, 1.165) is 44.0 Å². The topological polar surface area (TPSA) is 109 Å². The number of furan rings is 1. The lowest BCUT2D eigenvalue weighted by Crippen LogP contribution is -2.58. The van der Waals surface area contributed by atoms with Crippen molar-refractivity contribution < 1.29 is 37.0 Å². The van der Waals surface area contributed by atoms with Crippen molar-refractivity contribution in [3.05, 3.63) is 47.9 Å². The average Bonchev–Trinajstić information content (AvgIpc) is 3.20. The largest absolute Gasteiger partial charge is 0.490 e. The highest BCUT2D eigenvalue weighted by Gasteiger charge is 2.41. The number of hydrogen-bond acceptors (Lipinski definition) is 7. The second-order valence-electron chi connectivity index (χ2n) is 7.94. The van der Waals surface area contributed by atoms with E-state index >= 15 is 0 Å². The molecule has 2 aliphatic heterocycles. The van der Waals surface area contributed by atoms with E-state index < -0.39 is 12.1 Å². The van der Waals surface area contributed by atoms with Gasteiger partial charge in [-0.25, -0.2) is 9.78 Å². The van der Waals surface area contributed by atoms with Crippen molar-refractivity contribution in [2.45, 2.75) is 38.1 Å². The van der Waals surface area contributed by atoms with Crippen LogP contribution in [0.25, 0.3) is 0 Å². The molecule has 33 heavy (non-hydrogen) atoms. The van der Waals surface area contributed by atoms with Gasteiger partial charge in [0, 0.05) is 32.0 Å². The van der Waals surface area contributed by atoms with Crippen LogP contribution in [0.15, 0.2) is 35.1 Å². The Labute approximate surface area is 188 Å². The first-order valence-corrected chi connectivity index (χ1v) is 10.3. The minimum Gasteiger partial charge on any atom is -0.475 e. The summed E-state index contributed by atoms with van der Waals surface area (Å²) in [7, 11) is 0. The van der Waals surface area contributed by atoms with Gasteiger partial charge in [0.2, 0.25) is 0 Å². The van der Waals surface area contributed by atoms with Crippen LogP contribution >= 0.6 is 0 Å². The fourth-order valence-electron chi connectivity index (χ4n) is 3.80. The van der Waals surface area contributed by atoms with E-state index in [9.17, 15) is 18.0 Å². The summed E-state index contributed by atoms with van der Waals surface area (Å²) in [6.07, 6.45) is 1.40. The van der Waals surface area contributed by atoms with Crippen molar-refractivity contribution in [3.8, 4) is 0 Å². The van der Waals surface area contributed by atoms with Crippen LogP contribution in [0.5, 0.6) is 0 Å². The number of halogens is 3. The molecule has 0 unspecified atom stereocenters. The lowest BCUT2D eigenvalue weighted by Gasteiger charge is -2.47. The number of alkyl halides is 3. The van der Waals surface area contributed by atoms with E-state index in [4.69, 9.17) is 19.1 Å². The molecule has 2 aliphatic rings. The number of morpholine rings is 1. The quantitative estimate of drug-likeness (QED) is 0.729. The number of hydrogen-bond donors (Lipinski definition) is 1. The van der Waals surface area contributed by atoms with Crippen LogP contribution < -0.4 is 0 Å². The molecule has 9 nitrogen and oxygen atoms in total. The van der Waals surface area contributed by atoms with E-state index in [2.05, 4.69) is 14.9 Å². The van der Waals surface area contributed by atoms with Crippen LogP contribution in [0.4, 0.5) is 13.2 Å². The molecule has 2 aromatic heterocycles. The number of amides is 1. The molecule has 4 heterocycles. The van der Waals surface area contributed by atoms with E-state index in [-0.39, 0.29) is 11.5 Å². The van der Waals surface area contributed by atoms with Gasteiger partial charge in [-0.3, -0.25) is 14.7 Å². The van der Waals surface area contributed by atoms with Gasteiger partial charge in [-0.05, 0) is 31.9 Å². The van der Waals surface area contributed by atoms with E-state index in [1.165, 1.54) is 6.20 Å². The van der Waals surface area contributed by atoms with Gasteiger partial charge < -0.3 is 19.2 Å². The maximum absolute atomic E-state index is 12.7. The molecule has 2 aromatic rings. The number of rotatable bonds is 3. The highest BCUT2D eigenvalue weighted by molar-refractivity contribution is 5.92. The molecule has 12 heteroatoms. The molecule has 0 atom stereocenters. The Balaban J connectivity index is 0.000000383. The summed E-state index contributed by atoms with van der Waals surface area (Å²) in [4.78, 5) is 34.0. The fraction of sp³-hybridized carbons (Fsp3) is 0.524. The Kier molecular flexibility index (Phi) is 7.69. The molecule has 0 bridgehead atoms. The molecule has 0 aromatic carbocycles. The van der Waals surface area contributed by atoms with Gasteiger partial charge in [-0.15, -0.1) is 0 Å². The first-order chi connectivity index (χ1) is 15.6. The smallest absolute Gasteiger partial charge is 0.475 e. The number of carbonyl (C=O) groups is 2. The number of likely N-dealkylation sites (tertiary alicyclic amines) is 1. The van der Waals surface area contributed by atoms with Crippen LogP contribution in [0.2, 0.25) is 0 Å². The first-order valence-electron chi connectivity index (χ1n) is 10.3. The summed E-state index contributed by atoms with van der Waals surface area (Å²) < 4.78 is 43.6. The SMILES string of the molecule is Cc1ccc(CN2CCC3(CC2)CN(C(=O)c2cnccn2)CCO3)o1.O=C(O)C(F)(F)F. The predicted molar refractivity (Wildman–Crippen MR) is 108 cm³/mol. The Bertz CT molecular complexity index is 943. The number of carbonyl (C=O) groups excluding carboxylic acids is 1. The summed E-state index contributed by atoms with van der Waals surface area (Å²) in [6.45, 7) is 6.46. The number of piperidine rings is 1. The Morgan fingerprint density at radius 2 is 1.88 bits per heavy atom. The van der Waals surface area contributed by atoms with Gasteiger partial charge in [0.25, 0.3) is 5.91 Å². The van der Waals surface area contributed by atoms with Gasteiger partial charge in [0.05, 0.1) is 31.5 Å². The number of carboxylic acid groups (broad SMARTS) is 1. The van der Waals surface area contributed by atoms with Crippen LogP contribution in [0, 0.1) is 6.92 Å². The average molecular weight is 470 g/mol. The number of nitrogens with zero attached hydrogens (tertiary/aromatic N) is 4. The number of aliphatic carboxylic acids is 1. The number of carboxylic acids is 1. The highest BCUT2D eigenvalue weighted by Crippen LogP contribution is 2.31. The van der Waals surface area contributed by atoms with Gasteiger partial charge in [-0.2, -0.15) is 13.2 Å². The second-order valence-corrected chi connectivity index (χ2v) is 7.94. The van der Waals surface area contributed by atoms with Gasteiger partial charge >= 0.3 is 12.1 Å². The minimum atomic E-state index is -5.08. The normalized spacial score (nSPS) is 18.5. The minimum absolute atomic E-state index is 0.0609. The van der Waals surface area contributed by atoms with Crippen molar-refractivity contribution in [2.75, 3.05) is 32.8 Å². The lowest BCUT2D eigenvalue weighted by atomic mass is 9.89. The Morgan fingerprint density at radius 1 is 1.18 bits per heavy atom. The Hall–Kier alpha value is -2.99. The van der Waals surface area contributed by atoms with Gasteiger partial charge in [0.15, 0.2) is 0 Å². The van der Waals surface area contributed by atoms with Crippen molar-refractivity contribution in [3.63, 3.8) is 0 Å². The molecule has 0 saturated carbocycles. The maximum atomic E-state index is 12.7. The number of ether oxygens (including phenoxy) is 1. The van der Waals surface area contributed by atoms with Gasteiger partial charge in [-0.1, -0.05) is 0 Å². The number of aromatic nitrogens is 2. The Morgan fingerprint density at radius 3 is 2.42 bits per heavy atom. The third-order valence-corrected chi connectivity index (χ3v) is 5.50. The third-order valence-electron chi connectivity index (χ3n) is 5.50. The summed E-state index contributed by atoms with van der Waals surface area (Å²) in [5.74, 6) is -0.869. The molecule has 0 aliphatic carbocycles. The van der Waals surface area contributed by atoms with Crippen molar-refractivity contribution in [1.29, 1.82) is 0 Å². The molecule has 4 rings (SSSR count). The summed E-state index contributed by atoms with van der Waals surface area (Å²) in [5, 5.41) is 7.12. The second kappa shape index (κ2) is 10.3. The van der Waals surface area contributed by atoms with Crippen molar-refractivity contribution in [1.82, 2.24) is 19.8 Å². The summed E-state index contributed by atoms with van der Waals surface area (Å²) in [5.41, 5.74) is 0.154. The number of aryl methyl sites for hydroxylation is 1. The molecule has 1 N–H and O–H groups in total. The maximum Gasteiger partial charge on any atom is 0.490 e. The monoisotopic (exact) mass is 470 g/mol. The van der Waals surface area contributed by atoms with E-state index in [1.807, 2.05) is 24.0 Å². The van der Waals surface area contributed by atoms with Crippen molar-refractivity contribution in [2.24, 2.45) is 0 Å². The zero-order valence-corrected chi connectivity index (χ0v) is 18.0. The molecule has 0 radical (unpaired) electrons. The first kappa shape index (κ1) is 24.6. The molecule has 2 fully saturated rings. The molecule has 1 spiro atoms. The molecular weight excluding hydrogens is 445 g/mol. The van der Waals surface area contributed by atoms with Crippen molar-refractivity contribution >= 4 is 11.9 Å². The molecule has 1 amide bonds. The zero-order valence-electron chi connectivity index (χ0n) is 18.0. The lowest BCUT2D eigenvalue weighted by molar-refractivity contribution is -0.192. The predicted octanol–water partition coefficient (Wildman–Crippen LogP) is 2.52. The molecule has 2 saturated heterocycles. The summed E-state index contributed by atoms with van der Waals surface area (Å²) in [6, 6.07) is 4.04. The molecular formula is C21H25F3N4O5. The summed E-state index contributed by atoms with van der Waals surface area (Å²) >= 11 is 0. The van der Waals surface area contributed by atoms with Crippen LogP contribution in [-0.4, -0.2) is 81.3 Å². The third kappa shape index (κ3) is 6.75. The standard InChI is InChI=1S/C19H24N4O3.C2HF3O2/c1-15-2-3-16(26-15)13-22-8-4-19(5-9-22)14-23(10-11-25-19)18(24)17-12-20-6-7-21-17;3-2(4,5)1(6)7/h2-3,6-7,12H,4-5,8-11,13-14H2,1H3;(H,6,7).